The topological polar surface area (TPSA) is 88.7 Å². The van der Waals surface area contributed by atoms with Crippen molar-refractivity contribution in [1.82, 2.24) is 5.32 Å². The molecule has 0 radical (unpaired) electrons. The molecular formula is C32H28F2N2O4. The lowest BCUT2D eigenvalue weighted by atomic mass is 9.74. The van der Waals surface area contributed by atoms with Crippen molar-refractivity contribution in [2.75, 3.05) is 6.54 Å². The first-order valence-electron chi connectivity index (χ1n) is 13.5. The van der Waals surface area contributed by atoms with Crippen LogP contribution in [0.25, 0.3) is 22.1 Å². The van der Waals surface area contributed by atoms with Gasteiger partial charge in [0.25, 0.3) is 5.91 Å². The molecule has 6 rings (SSSR count). The molecule has 1 aliphatic heterocycles. The van der Waals surface area contributed by atoms with E-state index in [0.717, 1.165) is 35.2 Å². The third-order valence-corrected chi connectivity index (χ3v) is 8.49. The predicted molar refractivity (Wildman–Crippen MR) is 146 cm³/mol. The van der Waals surface area contributed by atoms with Crippen molar-refractivity contribution in [3.05, 3.63) is 59.9 Å². The van der Waals surface area contributed by atoms with E-state index in [1.54, 1.807) is 6.07 Å². The molecule has 1 aromatic heterocycles. The molecule has 2 saturated carbocycles. The van der Waals surface area contributed by atoms with Gasteiger partial charge < -0.3 is 9.73 Å². The van der Waals surface area contributed by atoms with Gasteiger partial charge in [-0.05, 0) is 54.5 Å². The lowest BCUT2D eigenvalue weighted by Gasteiger charge is -2.39. The first kappa shape index (κ1) is 26.1. The Kier molecular flexibility index (Phi) is 6.21. The third-order valence-electron chi connectivity index (χ3n) is 8.49. The molecule has 0 unspecified atom stereocenters. The van der Waals surface area contributed by atoms with Crippen LogP contribution in [-0.2, 0) is 9.59 Å². The fourth-order valence-electron chi connectivity index (χ4n) is 5.65. The number of benzene rings is 2. The number of carbonyl (C=O) groups excluding carboxylic acids is 3. The van der Waals surface area contributed by atoms with Gasteiger partial charge in [-0.2, -0.15) is 0 Å². The van der Waals surface area contributed by atoms with Crippen LogP contribution in [0.1, 0.15) is 67.5 Å². The smallest absolute Gasteiger partial charge is 0.287 e. The van der Waals surface area contributed by atoms with E-state index in [9.17, 15) is 23.2 Å². The molecule has 0 spiro atoms. The third kappa shape index (κ3) is 4.97. The molecule has 0 bridgehead atoms. The number of terminal acetylenes is 1. The first-order valence-corrected chi connectivity index (χ1v) is 13.5. The maximum Gasteiger partial charge on any atom is 0.287 e. The van der Waals surface area contributed by atoms with Crippen molar-refractivity contribution in [3.63, 3.8) is 0 Å². The van der Waals surface area contributed by atoms with Crippen LogP contribution in [0.3, 0.4) is 0 Å². The first-order chi connectivity index (χ1) is 19.1. The van der Waals surface area contributed by atoms with Crippen molar-refractivity contribution in [3.8, 4) is 23.5 Å². The molecule has 2 fully saturated rings. The molecule has 2 aliphatic carbocycles. The predicted octanol–water partition coefficient (Wildman–Crippen LogP) is 5.91. The Morgan fingerprint density at radius 2 is 1.62 bits per heavy atom. The number of nitrogens with zero attached hydrogens (tertiary/aromatic N) is 1. The molecule has 0 atom stereocenters. The summed E-state index contributed by atoms with van der Waals surface area (Å²) >= 11 is 0. The second kappa shape index (κ2) is 9.51. The summed E-state index contributed by atoms with van der Waals surface area (Å²) in [4.78, 5) is 42.6. The maximum atomic E-state index is 14.0. The fraction of sp³-hybridized carbons (Fsp3) is 0.375. The van der Waals surface area contributed by atoms with Gasteiger partial charge in [-0.1, -0.05) is 42.3 Å². The highest BCUT2D eigenvalue weighted by Crippen LogP contribution is 2.50. The van der Waals surface area contributed by atoms with Crippen LogP contribution < -0.4 is 5.32 Å². The van der Waals surface area contributed by atoms with Crippen LogP contribution in [0.2, 0.25) is 0 Å². The Labute approximate surface area is 230 Å². The molecule has 2 heterocycles. The quantitative estimate of drug-likeness (QED) is 0.376. The monoisotopic (exact) mass is 542 g/mol. The number of aliphatic imine (C=N–C) groups is 1. The number of nitrogens with one attached hydrogen (secondary N) is 1. The zero-order chi connectivity index (χ0) is 28.1. The average molecular weight is 543 g/mol. The standard InChI is InChI=1S/C32H28F2N2O4/c1-2-30(9-10-30)18-28(38)31(11-13-32(33,34)14-12-31)36-29(39)27-16-23-8-7-22(15-26(23)40-27)20-3-5-21(6-4-20)25-17-24(37)19-35-25/h1,3-8,15-16H,9-14,17-19H2,(H,36,39). The van der Waals surface area contributed by atoms with E-state index in [4.69, 9.17) is 10.8 Å². The lowest BCUT2D eigenvalue weighted by molar-refractivity contribution is -0.131. The number of carbonyl (C=O) groups is 3. The van der Waals surface area contributed by atoms with Gasteiger partial charge in [-0.15, -0.1) is 6.42 Å². The van der Waals surface area contributed by atoms with Crippen LogP contribution in [0.15, 0.2) is 57.9 Å². The van der Waals surface area contributed by atoms with Crippen LogP contribution in [0.5, 0.6) is 0 Å². The second-order valence-corrected chi connectivity index (χ2v) is 11.3. The Hall–Kier alpha value is -4.12. The molecule has 1 amide bonds. The van der Waals surface area contributed by atoms with E-state index >= 15 is 0 Å². The SMILES string of the molecule is C#CC1(CC(=O)C2(NC(=O)c3cc4ccc(-c5ccc(C6=NCC(=O)C6)cc5)cc4o3)CCC(F)(F)CC2)CC1. The summed E-state index contributed by atoms with van der Waals surface area (Å²) in [6, 6.07) is 14.9. The molecule has 0 saturated heterocycles. The number of Topliss-reactive ketones (excluding diaryl/α,β-unsaturated/α-hetero) is 2. The molecule has 6 nitrogen and oxygen atoms in total. The van der Waals surface area contributed by atoms with E-state index in [1.807, 2.05) is 42.5 Å². The number of rotatable bonds is 7. The molecule has 204 valence electrons. The Bertz CT molecular complexity index is 1600. The number of amides is 1. The minimum Gasteiger partial charge on any atom is -0.451 e. The summed E-state index contributed by atoms with van der Waals surface area (Å²) < 4.78 is 33.9. The van der Waals surface area contributed by atoms with Crippen molar-refractivity contribution in [1.29, 1.82) is 0 Å². The summed E-state index contributed by atoms with van der Waals surface area (Å²) in [5.74, 6) is -0.976. The van der Waals surface area contributed by atoms with E-state index < -0.39 is 35.6 Å². The van der Waals surface area contributed by atoms with Gasteiger partial charge >= 0.3 is 0 Å². The normalized spacial score (nSPS) is 20.5. The number of hydrogen-bond acceptors (Lipinski definition) is 5. The van der Waals surface area contributed by atoms with E-state index in [-0.39, 0.29) is 43.1 Å². The van der Waals surface area contributed by atoms with Crippen LogP contribution >= 0.6 is 0 Å². The van der Waals surface area contributed by atoms with Crippen LogP contribution in [-0.4, -0.2) is 41.2 Å². The summed E-state index contributed by atoms with van der Waals surface area (Å²) in [6.07, 6.45) is 6.23. The zero-order valence-electron chi connectivity index (χ0n) is 21.9. The van der Waals surface area contributed by atoms with E-state index in [2.05, 4.69) is 16.2 Å². The van der Waals surface area contributed by atoms with Crippen molar-refractivity contribution < 1.29 is 27.6 Å². The summed E-state index contributed by atoms with van der Waals surface area (Å²) in [7, 11) is 0. The van der Waals surface area contributed by atoms with E-state index in [0.29, 0.717) is 17.4 Å². The summed E-state index contributed by atoms with van der Waals surface area (Å²) in [5, 5.41) is 3.48. The van der Waals surface area contributed by atoms with Gasteiger partial charge in [-0.3, -0.25) is 19.4 Å². The van der Waals surface area contributed by atoms with Crippen molar-refractivity contribution >= 4 is 34.2 Å². The molecule has 3 aliphatic rings. The largest absolute Gasteiger partial charge is 0.451 e. The Morgan fingerprint density at radius 3 is 2.25 bits per heavy atom. The average Bonchev–Trinajstić information content (AvgIpc) is 3.36. The number of furan rings is 1. The summed E-state index contributed by atoms with van der Waals surface area (Å²) in [5.41, 5.74) is 2.06. The maximum absolute atomic E-state index is 14.0. The Balaban J connectivity index is 1.22. The molecule has 1 N–H and O–H groups in total. The molecule has 3 aromatic rings. The highest BCUT2D eigenvalue weighted by Gasteiger charge is 2.52. The summed E-state index contributed by atoms with van der Waals surface area (Å²) in [6.45, 7) is 0.232. The van der Waals surface area contributed by atoms with Gasteiger partial charge in [0.2, 0.25) is 5.92 Å². The Morgan fingerprint density at radius 1 is 0.950 bits per heavy atom. The van der Waals surface area contributed by atoms with Gasteiger partial charge in [0.15, 0.2) is 17.3 Å². The van der Waals surface area contributed by atoms with Gasteiger partial charge in [0, 0.05) is 35.8 Å². The van der Waals surface area contributed by atoms with Crippen LogP contribution in [0, 0.1) is 17.8 Å². The fourth-order valence-corrected chi connectivity index (χ4v) is 5.65. The number of fused-ring (bicyclic) bond motifs is 1. The highest BCUT2D eigenvalue weighted by molar-refractivity contribution is 6.15. The molecule has 8 heteroatoms. The minimum atomic E-state index is -2.87. The van der Waals surface area contributed by atoms with Crippen LogP contribution in [0.4, 0.5) is 8.78 Å². The molecular weight excluding hydrogens is 514 g/mol. The van der Waals surface area contributed by atoms with Gasteiger partial charge in [-0.25, -0.2) is 8.78 Å². The second-order valence-electron chi connectivity index (χ2n) is 11.3. The van der Waals surface area contributed by atoms with Crippen molar-refractivity contribution in [2.45, 2.75) is 62.8 Å². The number of hydrogen-bond donors (Lipinski definition) is 1. The number of halogens is 2. The highest BCUT2D eigenvalue weighted by atomic mass is 19.3. The minimum absolute atomic E-state index is 0.00834. The van der Waals surface area contributed by atoms with Gasteiger partial charge in [0.05, 0.1) is 18.5 Å². The zero-order valence-corrected chi connectivity index (χ0v) is 21.9. The number of alkyl halides is 2. The molecule has 2 aromatic carbocycles. The van der Waals surface area contributed by atoms with Crippen molar-refractivity contribution in [2.24, 2.45) is 10.4 Å². The molecule has 40 heavy (non-hydrogen) atoms. The van der Waals surface area contributed by atoms with E-state index in [1.165, 1.54) is 0 Å². The lowest BCUT2D eigenvalue weighted by Crippen LogP contribution is -2.58. The number of ketones is 2. The van der Waals surface area contributed by atoms with Gasteiger partial charge in [0.1, 0.15) is 5.58 Å².